The van der Waals surface area contributed by atoms with Gasteiger partial charge in [-0.1, -0.05) is 18.1 Å². The summed E-state index contributed by atoms with van der Waals surface area (Å²) in [5.74, 6) is -1.03. The molecular formula is C25H31FN6O4. The van der Waals surface area contributed by atoms with Crippen LogP contribution in [0.5, 0.6) is 0 Å². The fraction of sp³-hybridized carbons (Fsp3) is 0.480. The van der Waals surface area contributed by atoms with Crippen molar-refractivity contribution >= 4 is 28.8 Å². The lowest BCUT2D eigenvalue weighted by Gasteiger charge is -2.36. The third kappa shape index (κ3) is 5.55. The number of carbonyl (C=O) groups is 3. The largest absolute Gasteiger partial charge is 0.361 e. The Kier molecular flexibility index (Phi) is 7.66. The fourth-order valence-electron chi connectivity index (χ4n) is 4.56. The van der Waals surface area contributed by atoms with Gasteiger partial charge in [-0.15, -0.1) is 0 Å². The van der Waals surface area contributed by atoms with Crippen molar-refractivity contribution in [3.8, 4) is 0 Å². The van der Waals surface area contributed by atoms with Crippen LogP contribution in [-0.2, 0) is 9.59 Å². The van der Waals surface area contributed by atoms with Crippen LogP contribution in [0.2, 0.25) is 0 Å². The second kappa shape index (κ2) is 10.9. The SMILES string of the molecule is CC[C@H]1CCCCN1C(=O)C[C@H](NC(=O)c1cc(C)on1)C(=O)N[C@@H](C)c1nc2cccc(F)c2[nH]1. The minimum Gasteiger partial charge on any atom is -0.361 e. The van der Waals surface area contributed by atoms with Crippen molar-refractivity contribution < 1.29 is 23.3 Å². The number of fused-ring (bicyclic) bond motifs is 1. The van der Waals surface area contributed by atoms with Crippen LogP contribution in [-0.4, -0.2) is 56.4 Å². The number of amides is 3. The van der Waals surface area contributed by atoms with E-state index in [4.69, 9.17) is 4.52 Å². The number of para-hydroxylation sites is 1. The predicted octanol–water partition coefficient (Wildman–Crippen LogP) is 3.16. The van der Waals surface area contributed by atoms with Gasteiger partial charge in [-0.3, -0.25) is 14.4 Å². The van der Waals surface area contributed by atoms with Crippen molar-refractivity contribution in [3.05, 3.63) is 47.4 Å². The molecule has 0 saturated carbocycles. The Labute approximate surface area is 208 Å². The molecule has 1 aliphatic heterocycles. The number of aromatic nitrogens is 3. The van der Waals surface area contributed by atoms with Gasteiger partial charge in [0.15, 0.2) is 5.69 Å². The Morgan fingerprint density at radius 3 is 2.78 bits per heavy atom. The molecule has 2 aromatic heterocycles. The van der Waals surface area contributed by atoms with E-state index in [1.54, 1.807) is 26.0 Å². The summed E-state index contributed by atoms with van der Waals surface area (Å²) in [6, 6.07) is 4.33. The Hall–Kier alpha value is -3.76. The maximum absolute atomic E-state index is 14.1. The van der Waals surface area contributed by atoms with Crippen LogP contribution in [0.15, 0.2) is 28.8 Å². The number of aromatic amines is 1. The summed E-state index contributed by atoms with van der Waals surface area (Å²) in [5.41, 5.74) is 0.692. The van der Waals surface area contributed by atoms with Gasteiger partial charge in [-0.2, -0.15) is 0 Å². The molecule has 0 aliphatic carbocycles. The summed E-state index contributed by atoms with van der Waals surface area (Å²) in [4.78, 5) is 48.3. The van der Waals surface area contributed by atoms with Crippen LogP contribution in [0.4, 0.5) is 4.39 Å². The van der Waals surface area contributed by atoms with E-state index in [-0.39, 0.29) is 29.6 Å². The zero-order valence-corrected chi connectivity index (χ0v) is 20.6. The summed E-state index contributed by atoms with van der Waals surface area (Å²) in [6.45, 7) is 6.00. The number of H-pyrrole nitrogens is 1. The zero-order valence-electron chi connectivity index (χ0n) is 20.6. The smallest absolute Gasteiger partial charge is 0.274 e. The molecule has 192 valence electrons. The minimum absolute atomic E-state index is 0.0166. The number of rotatable bonds is 8. The molecule has 0 unspecified atom stereocenters. The quantitative estimate of drug-likeness (QED) is 0.437. The van der Waals surface area contributed by atoms with E-state index in [0.717, 1.165) is 25.7 Å². The third-order valence-corrected chi connectivity index (χ3v) is 6.53. The molecule has 3 aromatic rings. The van der Waals surface area contributed by atoms with E-state index in [0.29, 0.717) is 23.6 Å². The summed E-state index contributed by atoms with van der Waals surface area (Å²) in [7, 11) is 0. The highest BCUT2D eigenvalue weighted by Crippen LogP contribution is 2.22. The van der Waals surface area contributed by atoms with Gasteiger partial charge >= 0.3 is 0 Å². The highest BCUT2D eigenvalue weighted by atomic mass is 19.1. The Bertz CT molecular complexity index is 1250. The van der Waals surface area contributed by atoms with E-state index >= 15 is 0 Å². The summed E-state index contributed by atoms with van der Waals surface area (Å²) < 4.78 is 19.0. The molecule has 1 fully saturated rings. The average molecular weight is 499 g/mol. The lowest BCUT2D eigenvalue weighted by atomic mass is 9.99. The van der Waals surface area contributed by atoms with E-state index in [1.807, 2.05) is 11.8 Å². The number of aryl methyl sites for hydroxylation is 1. The molecule has 11 heteroatoms. The molecule has 3 heterocycles. The minimum atomic E-state index is -1.15. The number of nitrogens with one attached hydrogen (secondary N) is 3. The van der Waals surface area contributed by atoms with Gasteiger partial charge in [-0.25, -0.2) is 9.37 Å². The number of nitrogens with zero attached hydrogens (tertiary/aromatic N) is 3. The second-order valence-corrected chi connectivity index (χ2v) is 9.18. The second-order valence-electron chi connectivity index (χ2n) is 9.18. The number of benzene rings is 1. The molecule has 1 saturated heterocycles. The number of piperidine rings is 1. The Morgan fingerprint density at radius 2 is 2.08 bits per heavy atom. The first kappa shape index (κ1) is 25.3. The van der Waals surface area contributed by atoms with Crippen molar-refractivity contribution in [3.63, 3.8) is 0 Å². The topological polar surface area (TPSA) is 133 Å². The molecule has 0 spiro atoms. The lowest BCUT2D eigenvalue weighted by molar-refractivity contribution is -0.138. The molecule has 4 rings (SSSR count). The molecular weight excluding hydrogens is 467 g/mol. The number of carbonyl (C=O) groups excluding carboxylic acids is 3. The standard InChI is InChI=1S/C25H31FN6O4/c1-4-16-8-5-6-11-32(16)21(33)13-19(29-25(35)20-12-14(2)36-31-20)24(34)27-15(3)23-28-18-10-7-9-17(26)22(18)30-23/h7,9-10,12,15-16,19H,4-6,8,11,13H2,1-3H3,(H,27,34)(H,28,30)(H,29,35)/t15-,16-,19-/m0/s1. The predicted molar refractivity (Wildman–Crippen MR) is 129 cm³/mol. The molecule has 36 heavy (non-hydrogen) atoms. The van der Waals surface area contributed by atoms with E-state index < -0.39 is 29.7 Å². The Morgan fingerprint density at radius 1 is 1.28 bits per heavy atom. The molecule has 3 atom stereocenters. The van der Waals surface area contributed by atoms with E-state index in [1.165, 1.54) is 12.1 Å². The molecule has 0 bridgehead atoms. The fourth-order valence-corrected chi connectivity index (χ4v) is 4.56. The van der Waals surface area contributed by atoms with Gasteiger partial charge in [0, 0.05) is 18.7 Å². The van der Waals surface area contributed by atoms with Crippen LogP contribution >= 0.6 is 0 Å². The van der Waals surface area contributed by atoms with Crippen molar-refractivity contribution in [1.29, 1.82) is 0 Å². The summed E-state index contributed by atoms with van der Waals surface area (Å²) in [6.07, 6.45) is 3.51. The van der Waals surface area contributed by atoms with Crippen LogP contribution in [0, 0.1) is 12.7 Å². The first-order valence-corrected chi connectivity index (χ1v) is 12.2. The first-order chi connectivity index (χ1) is 17.3. The summed E-state index contributed by atoms with van der Waals surface area (Å²) >= 11 is 0. The molecule has 3 N–H and O–H groups in total. The number of hydrogen-bond donors (Lipinski definition) is 3. The van der Waals surface area contributed by atoms with Crippen LogP contribution in [0.3, 0.4) is 0 Å². The number of hydrogen-bond acceptors (Lipinski definition) is 6. The maximum atomic E-state index is 14.1. The average Bonchev–Trinajstić information content (AvgIpc) is 3.51. The number of halogens is 1. The van der Waals surface area contributed by atoms with Gasteiger partial charge in [0.1, 0.15) is 29.0 Å². The van der Waals surface area contributed by atoms with Crippen molar-refractivity contribution in [2.75, 3.05) is 6.54 Å². The number of imidazole rings is 1. The van der Waals surface area contributed by atoms with Crippen LogP contribution in [0.25, 0.3) is 11.0 Å². The van der Waals surface area contributed by atoms with Crippen LogP contribution < -0.4 is 10.6 Å². The third-order valence-electron chi connectivity index (χ3n) is 6.53. The molecule has 10 nitrogen and oxygen atoms in total. The normalized spacial score (nSPS) is 17.6. The van der Waals surface area contributed by atoms with E-state index in [2.05, 4.69) is 25.8 Å². The van der Waals surface area contributed by atoms with Crippen molar-refractivity contribution in [2.24, 2.45) is 0 Å². The van der Waals surface area contributed by atoms with Gasteiger partial charge < -0.3 is 25.0 Å². The molecule has 1 aliphatic rings. The van der Waals surface area contributed by atoms with E-state index in [9.17, 15) is 18.8 Å². The highest BCUT2D eigenvalue weighted by molar-refractivity contribution is 5.97. The highest BCUT2D eigenvalue weighted by Gasteiger charge is 2.32. The van der Waals surface area contributed by atoms with Crippen molar-refractivity contribution in [1.82, 2.24) is 30.7 Å². The van der Waals surface area contributed by atoms with Gasteiger partial charge in [0.2, 0.25) is 11.8 Å². The molecule has 0 radical (unpaired) electrons. The first-order valence-electron chi connectivity index (χ1n) is 12.2. The summed E-state index contributed by atoms with van der Waals surface area (Å²) in [5, 5.41) is 9.12. The Balaban J connectivity index is 1.51. The number of likely N-dealkylation sites (tertiary alicyclic amines) is 1. The van der Waals surface area contributed by atoms with Gasteiger partial charge in [0.25, 0.3) is 5.91 Å². The van der Waals surface area contributed by atoms with Crippen LogP contribution in [0.1, 0.15) is 74.1 Å². The van der Waals surface area contributed by atoms with Gasteiger partial charge in [-0.05, 0) is 51.7 Å². The molecule has 3 amide bonds. The van der Waals surface area contributed by atoms with Gasteiger partial charge in [0.05, 0.1) is 18.0 Å². The van der Waals surface area contributed by atoms with Crippen molar-refractivity contribution in [2.45, 2.75) is 71.0 Å². The zero-order chi connectivity index (χ0) is 25.8. The lowest BCUT2D eigenvalue weighted by Crippen LogP contribution is -2.52. The maximum Gasteiger partial charge on any atom is 0.274 e. The monoisotopic (exact) mass is 498 g/mol. The molecule has 1 aromatic carbocycles.